The molecule has 1 aliphatic rings. The van der Waals surface area contributed by atoms with Crippen LogP contribution in [-0.2, 0) is 17.9 Å². The quantitative estimate of drug-likeness (QED) is 0.659. The lowest BCUT2D eigenvalue weighted by molar-refractivity contribution is -0.133. The number of hydrogen-bond donors (Lipinski definition) is 0. The van der Waals surface area contributed by atoms with E-state index in [1.54, 1.807) is 6.07 Å². The third kappa shape index (κ3) is 3.93. The van der Waals surface area contributed by atoms with Crippen molar-refractivity contribution in [2.45, 2.75) is 26.4 Å². The molecule has 0 aliphatic carbocycles. The van der Waals surface area contributed by atoms with Gasteiger partial charge in [0.25, 0.3) is 5.56 Å². The second-order valence-electron chi connectivity index (χ2n) is 6.72. The number of nitrogens with zero attached hydrogens (tertiary/aromatic N) is 5. The standard InChI is InChI=1S/C18H21N5O3S/c1-13-10-14(26-20-13)11-21-5-7-22(8-6-21)16(24)2-4-23-12-19-17-15(18(23)25)3-9-27-17/h3,9-10,12H,2,4-8,11H2,1H3. The molecule has 142 valence electrons. The Kier molecular flexibility index (Phi) is 5.04. The number of piperazine rings is 1. The normalized spacial score (nSPS) is 15.5. The molecule has 1 amide bonds. The maximum atomic E-state index is 12.5. The van der Waals surface area contributed by atoms with Gasteiger partial charge in [-0.2, -0.15) is 0 Å². The van der Waals surface area contributed by atoms with Gasteiger partial charge in [-0.05, 0) is 18.4 Å². The van der Waals surface area contributed by atoms with E-state index in [1.807, 2.05) is 23.3 Å². The molecule has 0 atom stereocenters. The number of aryl methyl sites for hydroxylation is 2. The summed E-state index contributed by atoms with van der Waals surface area (Å²) in [5.41, 5.74) is 0.797. The van der Waals surface area contributed by atoms with Crippen molar-refractivity contribution in [3.8, 4) is 0 Å². The van der Waals surface area contributed by atoms with Gasteiger partial charge in [-0.3, -0.25) is 19.1 Å². The van der Waals surface area contributed by atoms with E-state index in [9.17, 15) is 9.59 Å². The van der Waals surface area contributed by atoms with E-state index in [4.69, 9.17) is 4.52 Å². The number of hydrogen-bond acceptors (Lipinski definition) is 7. The van der Waals surface area contributed by atoms with Gasteiger partial charge in [0.15, 0.2) is 5.76 Å². The van der Waals surface area contributed by atoms with E-state index in [1.165, 1.54) is 22.2 Å². The second-order valence-corrected chi connectivity index (χ2v) is 7.62. The van der Waals surface area contributed by atoms with Crippen LogP contribution in [0.4, 0.5) is 0 Å². The molecular formula is C18H21N5O3S. The van der Waals surface area contributed by atoms with Gasteiger partial charge in [-0.1, -0.05) is 5.16 Å². The van der Waals surface area contributed by atoms with Crippen molar-refractivity contribution in [1.82, 2.24) is 24.5 Å². The molecule has 0 N–H and O–H groups in total. The first-order valence-electron chi connectivity index (χ1n) is 8.95. The number of amides is 1. The Morgan fingerprint density at radius 3 is 2.85 bits per heavy atom. The number of fused-ring (bicyclic) bond motifs is 1. The highest BCUT2D eigenvalue weighted by atomic mass is 32.1. The lowest BCUT2D eigenvalue weighted by Gasteiger charge is -2.34. The first kappa shape index (κ1) is 17.9. The summed E-state index contributed by atoms with van der Waals surface area (Å²) >= 11 is 1.44. The maximum Gasteiger partial charge on any atom is 0.262 e. The van der Waals surface area contributed by atoms with E-state index >= 15 is 0 Å². The summed E-state index contributed by atoms with van der Waals surface area (Å²) in [6.45, 7) is 5.94. The van der Waals surface area contributed by atoms with Gasteiger partial charge in [-0.15, -0.1) is 11.3 Å². The molecular weight excluding hydrogens is 366 g/mol. The van der Waals surface area contributed by atoms with Crippen molar-refractivity contribution in [2.24, 2.45) is 0 Å². The molecule has 27 heavy (non-hydrogen) atoms. The average molecular weight is 387 g/mol. The Hall–Kier alpha value is -2.52. The number of carbonyl (C=O) groups is 1. The third-order valence-corrected chi connectivity index (χ3v) is 5.62. The molecule has 4 heterocycles. The second kappa shape index (κ2) is 7.61. The van der Waals surface area contributed by atoms with Gasteiger partial charge in [0.05, 0.1) is 24.0 Å². The molecule has 0 aromatic carbocycles. The Morgan fingerprint density at radius 2 is 2.11 bits per heavy atom. The van der Waals surface area contributed by atoms with Gasteiger partial charge in [0.2, 0.25) is 5.91 Å². The first-order chi connectivity index (χ1) is 13.1. The zero-order valence-electron chi connectivity index (χ0n) is 15.1. The molecule has 3 aromatic heterocycles. The molecule has 1 fully saturated rings. The van der Waals surface area contributed by atoms with Gasteiger partial charge in [-0.25, -0.2) is 4.98 Å². The van der Waals surface area contributed by atoms with Crippen LogP contribution in [0, 0.1) is 6.92 Å². The SMILES string of the molecule is Cc1cc(CN2CCN(C(=O)CCn3cnc4sccc4c3=O)CC2)on1. The fraction of sp³-hybridized carbons (Fsp3) is 0.444. The highest BCUT2D eigenvalue weighted by molar-refractivity contribution is 7.16. The van der Waals surface area contributed by atoms with Gasteiger partial charge >= 0.3 is 0 Å². The highest BCUT2D eigenvalue weighted by Gasteiger charge is 2.22. The van der Waals surface area contributed by atoms with Crippen LogP contribution in [0.3, 0.4) is 0 Å². The van der Waals surface area contributed by atoms with Crippen LogP contribution in [0.5, 0.6) is 0 Å². The minimum absolute atomic E-state index is 0.0717. The molecule has 0 radical (unpaired) electrons. The Labute approximate surface area is 160 Å². The zero-order chi connectivity index (χ0) is 18.8. The van der Waals surface area contributed by atoms with Gasteiger partial charge in [0.1, 0.15) is 4.83 Å². The van der Waals surface area contributed by atoms with Crippen molar-refractivity contribution >= 4 is 27.5 Å². The molecule has 3 aromatic rings. The maximum absolute atomic E-state index is 12.5. The third-order valence-electron chi connectivity index (χ3n) is 4.80. The van der Waals surface area contributed by atoms with Crippen molar-refractivity contribution in [3.63, 3.8) is 0 Å². The number of thiophene rings is 1. The van der Waals surface area contributed by atoms with Crippen LogP contribution in [0.2, 0.25) is 0 Å². The molecule has 0 saturated carbocycles. The summed E-state index contributed by atoms with van der Waals surface area (Å²) in [6, 6.07) is 3.72. The molecule has 0 unspecified atom stereocenters. The topological polar surface area (TPSA) is 84.5 Å². The number of aromatic nitrogens is 3. The van der Waals surface area contributed by atoms with Gasteiger partial charge in [0, 0.05) is 45.2 Å². The summed E-state index contributed by atoms with van der Waals surface area (Å²) in [4.78, 5) is 34.0. The first-order valence-corrected chi connectivity index (χ1v) is 9.83. The lowest BCUT2D eigenvalue weighted by Crippen LogP contribution is -2.48. The van der Waals surface area contributed by atoms with Crippen LogP contribution >= 0.6 is 11.3 Å². The summed E-state index contributed by atoms with van der Waals surface area (Å²) in [5.74, 6) is 0.922. The van der Waals surface area contributed by atoms with Crippen LogP contribution < -0.4 is 5.56 Å². The van der Waals surface area contributed by atoms with E-state index in [0.717, 1.165) is 29.4 Å². The van der Waals surface area contributed by atoms with Gasteiger partial charge < -0.3 is 9.42 Å². The number of rotatable bonds is 5. The van der Waals surface area contributed by atoms with E-state index in [-0.39, 0.29) is 11.5 Å². The van der Waals surface area contributed by atoms with E-state index in [2.05, 4.69) is 15.0 Å². The van der Waals surface area contributed by atoms with Crippen LogP contribution in [0.1, 0.15) is 17.9 Å². The predicted octanol–water partition coefficient (Wildman–Crippen LogP) is 1.49. The van der Waals surface area contributed by atoms with Crippen LogP contribution in [0.25, 0.3) is 10.2 Å². The minimum atomic E-state index is -0.0822. The summed E-state index contributed by atoms with van der Waals surface area (Å²) in [7, 11) is 0. The highest BCUT2D eigenvalue weighted by Crippen LogP contribution is 2.14. The summed E-state index contributed by atoms with van der Waals surface area (Å²) in [6.07, 6.45) is 1.84. The predicted molar refractivity (Wildman–Crippen MR) is 102 cm³/mol. The molecule has 4 rings (SSSR count). The molecule has 1 saturated heterocycles. The zero-order valence-corrected chi connectivity index (χ0v) is 15.9. The van der Waals surface area contributed by atoms with E-state index in [0.29, 0.717) is 38.0 Å². The van der Waals surface area contributed by atoms with Crippen LogP contribution in [-0.4, -0.2) is 56.6 Å². The molecule has 0 spiro atoms. The average Bonchev–Trinajstić information content (AvgIpc) is 3.31. The lowest BCUT2D eigenvalue weighted by atomic mass is 10.2. The van der Waals surface area contributed by atoms with Crippen molar-refractivity contribution < 1.29 is 9.32 Å². The minimum Gasteiger partial charge on any atom is -0.360 e. The molecule has 9 heteroatoms. The Balaban J connectivity index is 1.29. The fourth-order valence-electron chi connectivity index (χ4n) is 3.29. The monoisotopic (exact) mass is 387 g/mol. The van der Waals surface area contributed by atoms with Crippen molar-refractivity contribution in [2.75, 3.05) is 26.2 Å². The summed E-state index contributed by atoms with van der Waals surface area (Å²) < 4.78 is 6.78. The fourth-order valence-corrected chi connectivity index (χ4v) is 4.02. The van der Waals surface area contributed by atoms with E-state index < -0.39 is 0 Å². The molecule has 8 nitrogen and oxygen atoms in total. The summed E-state index contributed by atoms with van der Waals surface area (Å²) in [5, 5.41) is 6.37. The van der Waals surface area contributed by atoms with Crippen LogP contribution in [0.15, 0.2) is 33.2 Å². The smallest absolute Gasteiger partial charge is 0.262 e. The van der Waals surface area contributed by atoms with Crippen molar-refractivity contribution in [1.29, 1.82) is 0 Å². The largest absolute Gasteiger partial charge is 0.360 e. The molecule has 1 aliphatic heterocycles. The number of carbonyl (C=O) groups excluding carboxylic acids is 1. The molecule has 0 bridgehead atoms. The van der Waals surface area contributed by atoms with Crippen molar-refractivity contribution in [3.05, 3.63) is 45.6 Å². The Morgan fingerprint density at radius 1 is 1.30 bits per heavy atom. The Bertz CT molecular complexity index is 1000.